The van der Waals surface area contributed by atoms with Gasteiger partial charge in [0.05, 0.1) is 18.2 Å². The molecule has 1 heterocycles. The highest BCUT2D eigenvalue weighted by Gasteiger charge is 2.30. The molecule has 2 atom stereocenters. The number of carbonyl (C=O) groups is 1. The minimum Gasteiger partial charge on any atom is -0.378 e. The Bertz CT molecular complexity index is 568. The summed E-state index contributed by atoms with van der Waals surface area (Å²) in [5.41, 5.74) is 0.938. The maximum Gasteiger partial charge on any atom is 0.257 e. The van der Waals surface area contributed by atoms with Gasteiger partial charge in [0.1, 0.15) is 5.82 Å². The Balaban J connectivity index is 2.37. The summed E-state index contributed by atoms with van der Waals surface area (Å²) in [6.45, 7) is 1.81. The summed E-state index contributed by atoms with van der Waals surface area (Å²) in [6, 6.07) is 4.51. The van der Waals surface area contributed by atoms with E-state index in [0.29, 0.717) is 5.69 Å². The molecule has 0 aromatic heterocycles. The van der Waals surface area contributed by atoms with Gasteiger partial charge in [-0.1, -0.05) is 0 Å². The van der Waals surface area contributed by atoms with E-state index < -0.39 is 17.8 Å². The van der Waals surface area contributed by atoms with Crippen molar-refractivity contribution in [1.82, 2.24) is 0 Å². The van der Waals surface area contributed by atoms with Gasteiger partial charge in [-0.15, -0.1) is 0 Å². The molecule has 0 aliphatic carbocycles. The van der Waals surface area contributed by atoms with E-state index in [9.17, 15) is 14.3 Å². The zero-order chi connectivity index (χ0) is 14.2. The third kappa shape index (κ3) is 2.25. The second kappa shape index (κ2) is 4.86. The van der Waals surface area contributed by atoms with Gasteiger partial charge in [0.25, 0.3) is 5.91 Å². The van der Waals surface area contributed by atoms with Gasteiger partial charge in [-0.2, -0.15) is 5.26 Å². The van der Waals surface area contributed by atoms with Crippen LogP contribution in [0.3, 0.4) is 0 Å². The first-order chi connectivity index (χ1) is 8.95. The zero-order valence-corrected chi connectivity index (χ0v) is 10.6. The molecule has 1 aliphatic heterocycles. The molecular formula is C13H14FN3O2. The second-order valence-electron chi connectivity index (χ2n) is 4.60. The summed E-state index contributed by atoms with van der Waals surface area (Å²) in [7, 11) is 1.68. The smallest absolute Gasteiger partial charge is 0.257 e. The van der Waals surface area contributed by atoms with Crippen LogP contribution in [0.1, 0.15) is 25.0 Å². The van der Waals surface area contributed by atoms with Crippen molar-refractivity contribution >= 4 is 17.3 Å². The molecule has 0 bridgehead atoms. The van der Waals surface area contributed by atoms with Gasteiger partial charge in [0.15, 0.2) is 6.10 Å². The molecule has 0 spiro atoms. The van der Waals surface area contributed by atoms with E-state index in [1.54, 1.807) is 11.9 Å². The zero-order valence-electron chi connectivity index (χ0n) is 10.6. The number of anilines is 2. The Morgan fingerprint density at radius 1 is 1.63 bits per heavy atom. The SMILES string of the molecule is CC(CC#N)N(C)c1cc2c(cc1F)C(O)C(=O)N2. The number of halogens is 1. The number of rotatable bonds is 3. The lowest BCUT2D eigenvalue weighted by Gasteiger charge is -2.26. The number of benzene rings is 1. The maximum absolute atomic E-state index is 14.0. The molecule has 0 saturated carbocycles. The monoisotopic (exact) mass is 263 g/mol. The Hall–Kier alpha value is -2.13. The molecule has 1 aromatic rings. The van der Waals surface area contributed by atoms with Gasteiger partial charge >= 0.3 is 0 Å². The number of aliphatic hydroxyl groups excluding tert-OH is 1. The fraction of sp³-hybridized carbons (Fsp3) is 0.385. The summed E-state index contributed by atoms with van der Waals surface area (Å²) >= 11 is 0. The first-order valence-electron chi connectivity index (χ1n) is 5.88. The van der Waals surface area contributed by atoms with Crippen molar-refractivity contribution < 1.29 is 14.3 Å². The molecule has 1 amide bonds. The van der Waals surface area contributed by atoms with Crippen molar-refractivity contribution in [2.45, 2.75) is 25.5 Å². The van der Waals surface area contributed by atoms with Crippen LogP contribution in [0.15, 0.2) is 12.1 Å². The number of nitriles is 1. The van der Waals surface area contributed by atoms with Crippen LogP contribution in [0.5, 0.6) is 0 Å². The molecule has 0 saturated heterocycles. The van der Waals surface area contributed by atoms with Crippen LogP contribution >= 0.6 is 0 Å². The predicted octanol–water partition coefficient (Wildman–Crippen LogP) is 1.55. The minimum atomic E-state index is -1.32. The molecule has 19 heavy (non-hydrogen) atoms. The lowest BCUT2D eigenvalue weighted by Crippen LogP contribution is -2.29. The van der Waals surface area contributed by atoms with E-state index in [-0.39, 0.29) is 23.7 Å². The van der Waals surface area contributed by atoms with Gasteiger partial charge in [0.2, 0.25) is 0 Å². The molecule has 2 N–H and O–H groups in total. The minimum absolute atomic E-state index is 0.153. The van der Waals surface area contributed by atoms with Gasteiger partial charge in [-0.05, 0) is 19.1 Å². The molecule has 2 unspecified atom stereocenters. The standard InChI is InChI=1S/C13H14FN3O2/c1-7(3-4-15)17(2)11-6-10-8(5-9(11)14)12(18)13(19)16-10/h5-7,12,18H,3H2,1-2H3,(H,16,19). The third-order valence-corrected chi connectivity index (χ3v) is 3.35. The average Bonchev–Trinajstić information content (AvgIpc) is 2.64. The van der Waals surface area contributed by atoms with E-state index in [1.807, 2.05) is 13.0 Å². The number of aliphatic hydroxyl groups is 1. The molecule has 2 rings (SSSR count). The Morgan fingerprint density at radius 2 is 2.32 bits per heavy atom. The highest BCUT2D eigenvalue weighted by atomic mass is 19.1. The molecule has 5 nitrogen and oxygen atoms in total. The van der Waals surface area contributed by atoms with Crippen LogP contribution in [0.2, 0.25) is 0 Å². The number of carbonyl (C=O) groups excluding carboxylic acids is 1. The predicted molar refractivity (Wildman–Crippen MR) is 68.1 cm³/mol. The first-order valence-corrected chi connectivity index (χ1v) is 5.88. The summed E-state index contributed by atoms with van der Waals surface area (Å²) in [6.07, 6.45) is -1.05. The van der Waals surface area contributed by atoms with E-state index in [2.05, 4.69) is 5.32 Å². The van der Waals surface area contributed by atoms with Gasteiger partial charge in [-0.3, -0.25) is 4.79 Å². The summed E-state index contributed by atoms with van der Waals surface area (Å²) in [5.74, 6) is -1.08. The van der Waals surface area contributed by atoms with Crippen molar-refractivity contribution in [3.8, 4) is 6.07 Å². The Kier molecular flexibility index (Phi) is 3.40. The van der Waals surface area contributed by atoms with Crippen molar-refractivity contribution in [1.29, 1.82) is 5.26 Å². The Labute approximate surface area is 110 Å². The van der Waals surface area contributed by atoms with E-state index in [0.717, 1.165) is 6.07 Å². The average molecular weight is 263 g/mol. The van der Waals surface area contributed by atoms with Crippen LogP contribution < -0.4 is 10.2 Å². The van der Waals surface area contributed by atoms with E-state index in [1.165, 1.54) is 6.07 Å². The lowest BCUT2D eigenvalue weighted by molar-refractivity contribution is -0.123. The summed E-state index contributed by atoms with van der Waals surface area (Å²) in [4.78, 5) is 13.0. The van der Waals surface area contributed by atoms with Crippen LogP contribution in [0.25, 0.3) is 0 Å². The lowest BCUT2D eigenvalue weighted by atomic mass is 10.1. The van der Waals surface area contributed by atoms with Crippen molar-refractivity contribution in [2.24, 2.45) is 0 Å². The van der Waals surface area contributed by atoms with Crippen molar-refractivity contribution in [3.05, 3.63) is 23.5 Å². The second-order valence-corrected chi connectivity index (χ2v) is 4.60. The molecule has 100 valence electrons. The molecule has 1 aliphatic rings. The summed E-state index contributed by atoms with van der Waals surface area (Å²) < 4.78 is 14.0. The molecule has 1 aromatic carbocycles. The number of amides is 1. The summed E-state index contributed by atoms with van der Waals surface area (Å²) in [5, 5.41) is 20.7. The fourth-order valence-electron chi connectivity index (χ4n) is 2.03. The fourth-order valence-corrected chi connectivity index (χ4v) is 2.03. The normalized spacial score (nSPS) is 18.5. The van der Waals surface area contributed by atoms with E-state index >= 15 is 0 Å². The van der Waals surface area contributed by atoms with Gasteiger partial charge in [0, 0.05) is 24.3 Å². The highest BCUT2D eigenvalue weighted by molar-refractivity contribution is 6.02. The van der Waals surface area contributed by atoms with Crippen LogP contribution in [0, 0.1) is 17.1 Å². The van der Waals surface area contributed by atoms with Crippen molar-refractivity contribution in [2.75, 3.05) is 17.3 Å². The van der Waals surface area contributed by atoms with Gasteiger partial charge in [-0.25, -0.2) is 4.39 Å². The molecule has 6 heteroatoms. The first kappa shape index (κ1) is 13.3. The number of hydrogen-bond acceptors (Lipinski definition) is 4. The number of fused-ring (bicyclic) bond motifs is 1. The Morgan fingerprint density at radius 3 is 2.95 bits per heavy atom. The largest absolute Gasteiger partial charge is 0.378 e. The molecule has 0 radical (unpaired) electrons. The van der Waals surface area contributed by atoms with Crippen LogP contribution in [-0.2, 0) is 4.79 Å². The quantitative estimate of drug-likeness (QED) is 0.867. The third-order valence-electron chi connectivity index (χ3n) is 3.35. The number of nitrogens with zero attached hydrogens (tertiary/aromatic N) is 2. The van der Waals surface area contributed by atoms with Crippen molar-refractivity contribution in [3.63, 3.8) is 0 Å². The van der Waals surface area contributed by atoms with Gasteiger partial charge < -0.3 is 15.3 Å². The molecular weight excluding hydrogens is 249 g/mol. The van der Waals surface area contributed by atoms with Crippen LogP contribution in [-0.4, -0.2) is 24.1 Å². The topological polar surface area (TPSA) is 76.4 Å². The van der Waals surface area contributed by atoms with E-state index in [4.69, 9.17) is 5.26 Å². The highest BCUT2D eigenvalue weighted by Crippen LogP contribution is 2.36. The number of hydrogen-bond donors (Lipinski definition) is 2. The van der Waals surface area contributed by atoms with Crippen LogP contribution in [0.4, 0.5) is 15.8 Å². The molecule has 0 fully saturated rings. The number of nitrogens with one attached hydrogen (secondary N) is 1. The maximum atomic E-state index is 14.0.